The zero-order valence-electron chi connectivity index (χ0n) is 7.87. The van der Waals surface area contributed by atoms with Crippen LogP contribution >= 0.6 is 0 Å². The lowest BCUT2D eigenvalue weighted by Gasteiger charge is -2.08. The number of aliphatic hydroxyl groups is 1. The molecule has 80 valence electrons. The fourth-order valence-corrected chi connectivity index (χ4v) is 1.10. The summed E-state index contributed by atoms with van der Waals surface area (Å²) in [6, 6.07) is 2.89. The highest BCUT2D eigenvalue weighted by molar-refractivity contribution is 5.42. The van der Waals surface area contributed by atoms with E-state index in [1.165, 1.54) is 7.11 Å². The Morgan fingerprint density at radius 2 is 2.33 bits per heavy atom. The molecular weight excluding hydrogens is 206 g/mol. The van der Waals surface area contributed by atoms with Crippen LogP contribution in [0.1, 0.15) is 23.2 Å². The Bertz CT molecular complexity index is 402. The van der Waals surface area contributed by atoms with Crippen LogP contribution in [0.15, 0.2) is 6.07 Å². The van der Waals surface area contributed by atoms with Gasteiger partial charge in [-0.05, 0) is 6.07 Å². The number of pyridine rings is 1. The summed E-state index contributed by atoms with van der Waals surface area (Å²) in [5.41, 5.74) is -0.610. The molecule has 0 amide bonds. The molecule has 1 aromatic heterocycles. The third-order valence-corrected chi connectivity index (χ3v) is 1.79. The van der Waals surface area contributed by atoms with E-state index in [4.69, 9.17) is 10.4 Å². The molecule has 0 bridgehead atoms. The highest BCUT2D eigenvalue weighted by Crippen LogP contribution is 2.26. The number of halogens is 2. The summed E-state index contributed by atoms with van der Waals surface area (Å²) in [6.45, 7) is -0.592. The Morgan fingerprint density at radius 1 is 1.67 bits per heavy atom. The Balaban J connectivity index is 3.36. The fraction of sp³-hybridized carbons (Fsp3) is 0.333. The number of aromatic nitrogens is 1. The van der Waals surface area contributed by atoms with Crippen molar-refractivity contribution in [2.24, 2.45) is 0 Å². The predicted octanol–water partition coefficient (Wildman–Crippen LogP) is 1.39. The van der Waals surface area contributed by atoms with Gasteiger partial charge in [-0.2, -0.15) is 5.26 Å². The topological polar surface area (TPSA) is 66.1 Å². The first-order valence-electron chi connectivity index (χ1n) is 4.01. The molecule has 0 fully saturated rings. The normalized spacial score (nSPS) is 10.1. The monoisotopic (exact) mass is 214 g/mol. The van der Waals surface area contributed by atoms with Crippen LogP contribution in [0.5, 0.6) is 5.88 Å². The minimum Gasteiger partial charge on any atom is -0.480 e. The first-order valence-corrected chi connectivity index (χ1v) is 4.01. The molecule has 1 heterocycles. The van der Waals surface area contributed by atoms with Gasteiger partial charge in [-0.15, -0.1) is 0 Å². The first-order chi connectivity index (χ1) is 7.13. The molecule has 4 nitrogen and oxygen atoms in total. The van der Waals surface area contributed by atoms with E-state index in [0.717, 1.165) is 6.07 Å². The molecule has 1 rings (SSSR count). The summed E-state index contributed by atoms with van der Waals surface area (Å²) < 4.78 is 29.6. The number of ether oxygens (including phenoxy) is 1. The van der Waals surface area contributed by atoms with Crippen LogP contribution in [0.2, 0.25) is 0 Å². The molecule has 15 heavy (non-hydrogen) atoms. The Hall–Kier alpha value is -1.74. The molecule has 0 aliphatic carbocycles. The number of alkyl halides is 2. The SMILES string of the molecule is COc1nc(C(F)F)c(CO)cc1C#N. The van der Waals surface area contributed by atoms with Crippen molar-refractivity contribution in [2.75, 3.05) is 7.11 Å². The number of aliphatic hydroxyl groups excluding tert-OH is 1. The van der Waals surface area contributed by atoms with Gasteiger partial charge in [-0.25, -0.2) is 13.8 Å². The van der Waals surface area contributed by atoms with Crippen molar-refractivity contribution in [3.8, 4) is 11.9 Å². The van der Waals surface area contributed by atoms with E-state index in [9.17, 15) is 8.78 Å². The molecule has 0 atom stereocenters. The third-order valence-electron chi connectivity index (χ3n) is 1.79. The van der Waals surface area contributed by atoms with E-state index in [-0.39, 0.29) is 17.0 Å². The lowest BCUT2D eigenvalue weighted by molar-refractivity contribution is 0.140. The van der Waals surface area contributed by atoms with Gasteiger partial charge in [0.1, 0.15) is 17.3 Å². The Labute approximate surface area is 84.7 Å². The lowest BCUT2D eigenvalue weighted by atomic mass is 10.1. The molecule has 0 aliphatic heterocycles. The number of nitrogens with zero attached hydrogens (tertiary/aromatic N) is 2. The van der Waals surface area contributed by atoms with Crippen LogP contribution in [0.25, 0.3) is 0 Å². The van der Waals surface area contributed by atoms with Crippen molar-refractivity contribution in [3.05, 3.63) is 22.9 Å². The van der Waals surface area contributed by atoms with Crippen molar-refractivity contribution in [1.82, 2.24) is 4.98 Å². The van der Waals surface area contributed by atoms with Gasteiger partial charge in [-0.1, -0.05) is 0 Å². The van der Waals surface area contributed by atoms with Gasteiger partial charge >= 0.3 is 0 Å². The van der Waals surface area contributed by atoms with E-state index in [2.05, 4.69) is 9.72 Å². The van der Waals surface area contributed by atoms with Gasteiger partial charge in [-0.3, -0.25) is 0 Å². The van der Waals surface area contributed by atoms with Gasteiger partial charge in [0.2, 0.25) is 5.88 Å². The molecule has 0 saturated carbocycles. The zero-order valence-corrected chi connectivity index (χ0v) is 7.87. The summed E-state index contributed by atoms with van der Waals surface area (Å²) >= 11 is 0. The summed E-state index contributed by atoms with van der Waals surface area (Å²) in [4.78, 5) is 3.48. The van der Waals surface area contributed by atoms with E-state index in [0.29, 0.717) is 0 Å². The number of methoxy groups -OCH3 is 1. The molecule has 0 unspecified atom stereocenters. The summed E-state index contributed by atoms with van der Waals surface area (Å²) in [6.07, 6.45) is -2.81. The maximum atomic E-state index is 12.5. The van der Waals surface area contributed by atoms with Crippen LogP contribution in [0, 0.1) is 11.3 Å². The van der Waals surface area contributed by atoms with E-state index in [1.807, 2.05) is 0 Å². The molecule has 1 N–H and O–H groups in total. The second-order valence-corrected chi connectivity index (χ2v) is 2.66. The smallest absolute Gasteiger partial charge is 0.280 e. The van der Waals surface area contributed by atoms with Crippen LogP contribution in [-0.2, 0) is 6.61 Å². The largest absolute Gasteiger partial charge is 0.480 e. The fourth-order valence-electron chi connectivity index (χ4n) is 1.10. The molecule has 0 aliphatic rings. The molecule has 1 aromatic rings. The molecule has 0 aromatic carbocycles. The van der Waals surface area contributed by atoms with Crippen LogP contribution in [0.4, 0.5) is 8.78 Å². The zero-order chi connectivity index (χ0) is 11.4. The molecular formula is C9H8F2N2O2. The van der Waals surface area contributed by atoms with Gasteiger partial charge < -0.3 is 9.84 Å². The van der Waals surface area contributed by atoms with Crippen molar-refractivity contribution in [1.29, 1.82) is 5.26 Å². The average Bonchev–Trinajstić information content (AvgIpc) is 2.26. The minimum atomic E-state index is -2.81. The highest BCUT2D eigenvalue weighted by Gasteiger charge is 2.18. The lowest BCUT2D eigenvalue weighted by Crippen LogP contribution is -2.03. The van der Waals surface area contributed by atoms with Gasteiger partial charge in [0.15, 0.2) is 0 Å². The summed E-state index contributed by atoms with van der Waals surface area (Å²) in [7, 11) is 1.23. The molecule has 0 spiro atoms. The van der Waals surface area contributed by atoms with Crippen molar-refractivity contribution < 1.29 is 18.6 Å². The molecule has 6 heteroatoms. The van der Waals surface area contributed by atoms with Crippen molar-refractivity contribution >= 4 is 0 Å². The molecule has 0 saturated heterocycles. The van der Waals surface area contributed by atoms with Gasteiger partial charge in [0.25, 0.3) is 6.43 Å². The maximum Gasteiger partial charge on any atom is 0.280 e. The predicted molar refractivity (Wildman–Crippen MR) is 46.4 cm³/mol. The van der Waals surface area contributed by atoms with E-state index >= 15 is 0 Å². The van der Waals surface area contributed by atoms with E-state index in [1.54, 1.807) is 6.07 Å². The van der Waals surface area contributed by atoms with Crippen molar-refractivity contribution in [3.63, 3.8) is 0 Å². The number of hydrogen-bond acceptors (Lipinski definition) is 4. The standard InChI is InChI=1S/C9H8F2N2O2/c1-15-9-5(3-12)2-6(4-14)7(13-9)8(10)11/h2,8,14H,4H2,1H3. The summed E-state index contributed by atoms with van der Waals surface area (Å²) in [5, 5.41) is 17.5. The number of rotatable bonds is 3. The second-order valence-electron chi connectivity index (χ2n) is 2.66. The quantitative estimate of drug-likeness (QED) is 0.825. The van der Waals surface area contributed by atoms with Gasteiger partial charge in [0.05, 0.1) is 13.7 Å². The number of nitriles is 1. The Morgan fingerprint density at radius 3 is 2.73 bits per heavy atom. The van der Waals surface area contributed by atoms with Gasteiger partial charge in [0, 0.05) is 5.56 Å². The first kappa shape index (κ1) is 11.3. The van der Waals surface area contributed by atoms with Crippen LogP contribution in [0.3, 0.4) is 0 Å². The molecule has 0 radical (unpaired) electrons. The van der Waals surface area contributed by atoms with Crippen LogP contribution in [-0.4, -0.2) is 17.2 Å². The Kier molecular flexibility index (Phi) is 3.52. The van der Waals surface area contributed by atoms with E-state index < -0.39 is 18.7 Å². The average molecular weight is 214 g/mol. The minimum absolute atomic E-state index is 0.0194. The second kappa shape index (κ2) is 4.66. The number of hydrogen-bond donors (Lipinski definition) is 1. The van der Waals surface area contributed by atoms with Crippen molar-refractivity contribution in [2.45, 2.75) is 13.0 Å². The summed E-state index contributed by atoms with van der Waals surface area (Å²) in [5.74, 6) is -0.162. The maximum absolute atomic E-state index is 12.5. The highest BCUT2D eigenvalue weighted by atomic mass is 19.3. The third kappa shape index (κ3) is 2.19. The van der Waals surface area contributed by atoms with Crippen LogP contribution < -0.4 is 4.74 Å².